The van der Waals surface area contributed by atoms with Gasteiger partial charge < -0.3 is 15.2 Å². The molecular formula is C20H27FN4O. The number of urea groups is 1. The Labute approximate surface area is 154 Å². The summed E-state index contributed by atoms with van der Waals surface area (Å²) in [4.78, 5) is 17.0. The van der Waals surface area contributed by atoms with Crippen molar-refractivity contribution in [3.05, 3.63) is 53.9 Å². The lowest BCUT2D eigenvalue weighted by Crippen LogP contribution is -2.44. The SMILES string of the molecule is Cn1ccnc1C(NC(=O)NC1CCCCCCC1)c1ccc(F)cc1. The smallest absolute Gasteiger partial charge is 0.315 e. The maximum atomic E-state index is 13.3. The van der Waals surface area contributed by atoms with Gasteiger partial charge in [0, 0.05) is 25.5 Å². The van der Waals surface area contributed by atoms with Crippen LogP contribution >= 0.6 is 0 Å². The van der Waals surface area contributed by atoms with Crippen molar-refractivity contribution in [3.8, 4) is 0 Å². The third kappa shape index (κ3) is 4.84. The van der Waals surface area contributed by atoms with E-state index >= 15 is 0 Å². The van der Waals surface area contributed by atoms with Gasteiger partial charge in [0.2, 0.25) is 0 Å². The molecule has 0 spiro atoms. The molecule has 0 saturated heterocycles. The Balaban J connectivity index is 1.71. The second kappa shape index (κ2) is 8.83. The second-order valence-corrected chi connectivity index (χ2v) is 7.04. The van der Waals surface area contributed by atoms with Crippen molar-refractivity contribution in [1.82, 2.24) is 20.2 Å². The number of hydrogen-bond donors (Lipinski definition) is 2. The first-order chi connectivity index (χ1) is 12.6. The molecule has 2 N–H and O–H groups in total. The minimum atomic E-state index is -0.427. The van der Waals surface area contributed by atoms with Gasteiger partial charge in [-0.1, -0.05) is 44.2 Å². The molecule has 1 aromatic carbocycles. The average molecular weight is 358 g/mol. The summed E-state index contributed by atoms with van der Waals surface area (Å²) in [5.74, 6) is 0.413. The predicted octanol–water partition coefficient (Wildman–Crippen LogP) is 4.06. The van der Waals surface area contributed by atoms with Crippen molar-refractivity contribution in [2.45, 2.75) is 57.0 Å². The van der Waals surface area contributed by atoms with Crippen molar-refractivity contribution in [2.75, 3.05) is 0 Å². The summed E-state index contributed by atoms with van der Waals surface area (Å²) in [5, 5.41) is 6.14. The third-order valence-corrected chi connectivity index (χ3v) is 5.04. The number of nitrogens with zero attached hydrogens (tertiary/aromatic N) is 2. The number of benzene rings is 1. The largest absolute Gasteiger partial charge is 0.336 e. The number of halogens is 1. The molecule has 1 aromatic heterocycles. The van der Waals surface area contributed by atoms with E-state index < -0.39 is 6.04 Å². The molecule has 5 nitrogen and oxygen atoms in total. The van der Waals surface area contributed by atoms with Crippen LogP contribution in [0.15, 0.2) is 36.7 Å². The van der Waals surface area contributed by atoms with Gasteiger partial charge in [-0.05, 0) is 30.5 Å². The summed E-state index contributed by atoms with van der Waals surface area (Å²) in [6.45, 7) is 0. The highest BCUT2D eigenvalue weighted by molar-refractivity contribution is 5.75. The van der Waals surface area contributed by atoms with Crippen molar-refractivity contribution in [3.63, 3.8) is 0 Å². The van der Waals surface area contributed by atoms with E-state index in [2.05, 4.69) is 15.6 Å². The summed E-state index contributed by atoms with van der Waals surface area (Å²) < 4.78 is 15.2. The summed E-state index contributed by atoms with van der Waals surface area (Å²) in [6, 6.07) is 5.76. The Morgan fingerprint density at radius 2 is 1.81 bits per heavy atom. The van der Waals surface area contributed by atoms with Crippen LogP contribution in [0.2, 0.25) is 0 Å². The zero-order chi connectivity index (χ0) is 18.4. The molecule has 1 unspecified atom stereocenters. The van der Waals surface area contributed by atoms with E-state index in [-0.39, 0.29) is 17.9 Å². The molecule has 26 heavy (non-hydrogen) atoms. The maximum absolute atomic E-state index is 13.3. The van der Waals surface area contributed by atoms with Gasteiger partial charge in [-0.15, -0.1) is 0 Å². The Morgan fingerprint density at radius 1 is 1.15 bits per heavy atom. The van der Waals surface area contributed by atoms with Gasteiger partial charge in [0.25, 0.3) is 0 Å². The minimum absolute atomic E-state index is 0.201. The Morgan fingerprint density at radius 3 is 2.42 bits per heavy atom. The number of rotatable bonds is 4. The Kier molecular flexibility index (Phi) is 6.26. The van der Waals surface area contributed by atoms with Crippen LogP contribution in [0.5, 0.6) is 0 Å². The molecule has 6 heteroatoms. The molecule has 2 amide bonds. The number of carbonyl (C=O) groups excluding carboxylic acids is 1. The van der Waals surface area contributed by atoms with Crippen LogP contribution in [0.25, 0.3) is 0 Å². The molecule has 1 aliphatic carbocycles. The predicted molar refractivity (Wildman–Crippen MR) is 99.2 cm³/mol. The fourth-order valence-corrected chi connectivity index (χ4v) is 3.57. The molecular weight excluding hydrogens is 331 g/mol. The summed E-state index contributed by atoms with van der Waals surface area (Å²) >= 11 is 0. The molecule has 1 fully saturated rings. The molecule has 1 aliphatic rings. The Hall–Kier alpha value is -2.37. The summed E-state index contributed by atoms with van der Waals surface area (Å²) in [7, 11) is 1.88. The van der Waals surface area contributed by atoms with Gasteiger partial charge in [0.05, 0.1) is 0 Å². The van der Waals surface area contributed by atoms with Crippen LogP contribution in [0.1, 0.15) is 62.4 Å². The fraction of sp³-hybridized carbons (Fsp3) is 0.500. The van der Waals surface area contributed by atoms with Crippen LogP contribution in [0.3, 0.4) is 0 Å². The molecule has 1 saturated carbocycles. The standard InChI is InChI=1S/C20H27FN4O/c1-25-14-13-22-19(25)18(15-9-11-16(21)12-10-15)24-20(26)23-17-7-5-3-2-4-6-8-17/h9-14,17-18H,2-8H2,1H3,(H2,23,24,26). The number of aromatic nitrogens is 2. The van der Waals surface area contributed by atoms with Crippen LogP contribution < -0.4 is 10.6 Å². The molecule has 140 valence electrons. The normalized spacial score (nSPS) is 17.2. The van der Waals surface area contributed by atoms with E-state index in [1.807, 2.05) is 17.8 Å². The maximum Gasteiger partial charge on any atom is 0.315 e. The number of nitrogens with one attached hydrogen (secondary N) is 2. The highest BCUT2D eigenvalue weighted by Crippen LogP contribution is 2.21. The van der Waals surface area contributed by atoms with Crippen molar-refractivity contribution in [1.29, 1.82) is 0 Å². The molecule has 0 bridgehead atoms. The van der Waals surface area contributed by atoms with E-state index in [0.717, 1.165) is 31.2 Å². The lowest BCUT2D eigenvalue weighted by molar-refractivity contribution is 0.231. The van der Waals surface area contributed by atoms with Gasteiger partial charge in [-0.2, -0.15) is 0 Å². The fourth-order valence-electron chi connectivity index (χ4n) is 3.57. The van der Waals surface area contributed by atoms with E-state index in [4.69, 9.17) is 0 Å². The minimum Gasteiger partial charge on any atom is -0.336 e. The first-order valence-electron chi connectivity index (χ1n) is 9.43. The van der Waals surface area contributed by atoms with E-state index in [0.29, 0.717) is 5.82 Å². The van der Waals surface area contributed by atoms with E-state index in [9.17, 15) is 9.18 Å². The van der Waals surface area contributed by atoms with Crippen LogP contribution in [0.4, 0.5) is 9.18 Å². The topological polar surface area (TPSA) is 59.0 Å². The molecule has 1 atom stereocenters. The zero-order valence-electron chi connectivity index (χ0n) is 15.2. The van der Waals surface area contributed by atoms with Gasteiger partial charge in [-0.3, -0.25) is 0 Å². The monoisotopic (exact) mass is 358 g/mol. The highest BCUT2D eigenvalue weighted by Gasteiger charge is 2.22. The zero-order valence-corrected chi connectivity index (χ0v) is 15.2. The van der Waals surface area contributed by atoms with Crippen LogP contribution in [-0.4, -0.2) is 21.6 Å². The lowest BCUT2D eigenvalue weighted by atomic mass is 9.97. The average Bonchev–Trinajstić information content (AvgIpc) is 3.02. The number of carbonyl (C=O) groups is 1. The Bertz CT molecular complexity index is 705. The highest BCUT2D eigenvalue weighted by atomic mass is 19.1. The molecule has 1 heterocycles. The third-order valence-electron chi connectivity index (χ3n) is 5.04. The quantitative estimate of drug-likeness (QED) is 0.866. The summed E-state index contributed by atoms with van der Waals surface area (Å²) in [6.07, 6.45) is 11.7. The number of amides is 2. The number of imidazole rings is 1. The van der Waals surface area contributed by atoms with Gasteiger partial charge in [0.15, 0.2) is 0 Å². The van der Waals surface area contributed by atoms with Gasteiger partial charge in [0.1, 0.15) is 17.7 Å². The second-order valence-electron chi connectivity index (χ2n) is 7.04. The van der Waals surface area contributed by atoms with Crippen molar-refractivity contribution < 1.29 is 9.18 Å². The molecule has 0 radical (unpaired) electrons. The summed E-state index contributed by atoms with van der Waals surface area (Å²) in [5.41, 5.74) is 0.800. The lowest BCUT2D eigenvalue weighted by Gasteiger charge is -2.24. The molecule has 3 rings (SSSR count). The first kappa shape index (κ1) is 18.4. The first-order valence-corrected chi connectivity index (χ1v) is 9.43. The van der Waals surface area contributed by atoms with Crippen molar-refractivity contribution >= 4 is 6.03 Å². The number of aryl methyl sites for hydroxylation is 1. The molecule has 0 aliphatic heterocycles. The van der Waals surface area contributed by atoms with Crippen molar-refractivity contribution in [2.24, 2.45) is 7.05 Å². The van der Waals surface area contributed by atoms with E-state index in [1.54, 1.807) is 18.3 Å². The van der Waals surface area contributed by atoms with Crippen LogP contribution in [-0.2, 0) is 7.05 Å². The van der Waals surface area contributed by atoms with Gasteiger partial charge in [-0.25, -0.2) is 14.2 Å². The molecule has 2 aromatic rings. The number of hydrogen-bond acceptors (Lipinski definition) is 2. The van der Waals surface area contributed by atoms with Crippen LogP contribution in [0, 0.1) is 5.82 Å². The van der Waals surface area contributed by atoms with E-state index in [1.165, 1.54) is 31.4 Å². The van der Waals surface area contributed by atoms with Gasteiger partial charge >= 0.3 is 6.03 Å².